The zero-order valence-corrected chi connectivity index (χ0v) is 12.5. The van der Waals surface area contributed by atoms with Crippen LogP contribution in [0.2, 0.25) is 0 Å². The van der Waals surface area contributed by atoms with Gasteiger partial charge in [0.25, 0.3) is 0 Å². The second kappa shape index (κ2) is 8.39. The molecule has 0 aromatic rings. The van der Waals surface area contributed by atoms with Crippen LogP contribution in [0, 0.1) is 17.8 Å². The summed E-state index contributed by atoms with van der Waals surface area (Å²) in [6.45, 7) is 7.61. The number of carbonyl (C=O) groups is 3. The van der Waals surface area contributed by atoms with Gasteiger partial charge < -0.3 is 21.1 Å². The van der Waals surface area contributed by atoms with E-state index >= 15 is 0 Å². The van der Waals surface area contributed by atoms with Crippen molar-refractivity contribution in [3.05, 3.63) is 0 Å². The van der Waals surface area contributed by atoms with E-state index in [9.17, 15) is 14.4 Å². The van der Waals surface area contributed by atoms with Crippen molar-refractivity contribution in [3.8, 4) is 0 Å². The molecule has 0 aromatic heterocycles. The van der Waals surface area contributed by atoms with E-state index in [2.05, 4.69) is 5.32 Å². The first-order chi connectivity index (χ1) is 9.15. The van der Waals surface area contributed by atoms with Crippen LogP contribution in [0.1, 0.15) is 27.7 Å². The molecule has 0 aromatic carbocycles. The van der Waals surface area contributed by atoms with Crippen molar-refractivity contribution in [2.24, 2.45) is 23.5 Å². The molecule has 0 aliphatic rings. The summed E-state index contributed by atoms with van der Waals surface area (Å²) in [6, 6.07) is -0.468. The average Bonchev–Trinajstić information content (AvgIpc) is 2.25. The quantitative estimate of drug-likeness (QED) is 0.603. The fraction of sp³-hybridized carbons (Fsp3) is 0.769. The summed E-state index contributed by atoms with van der Waals surface area (Å²) in [7, 11) is 0. The first kappa shape index (κ1) is 18.2. The second-order valence-corrected chi connectivity index (χ2v) is 5.62. The summed E-state index contributed by atoms with van der Waals surface area (Å²) < 4.78 is 0. The first-order valence-corrected chi connectivity index (χ1v) is 6.69. The van der Waals surface area contributed by atoms with Crippen molar-refractivity contribution >= 4 is 17.9 Å². The fourth-order valence-corrected chi connectivity index (χ4v) is 1.77. The Balaban J connectivity index is 4.58. The van der Waals surface area contributed by atoms with Crippen molar-refractivity contribution in [1.82, 2.24) is 10.2 Å². The van der Waals surface area contributed by atoms with Crippen LogP contribution in [0.15, 0.2) is 0 Å². The predicted molar refractivity (Wildman–Crippen MR) is 75.0 cm³/mol. The monoisotopic (exact) mass is 287 g/mol. The predicted octanol–water partition coefficient (Wildman–Crippen LogP) is 0.496. The highest BCUT2D eigenvalue weighted by molar-refractivity contribution is 5.83. The molecule has 4 N–H and O–H groups in total. The minimum Gasteiger partial charge on any atom is -0.481 e. The maximum absolute atomic E-state index is 12.0. The van der Waals surface area contributed by atoms with E-state index in [-0.39, 0.29) is 24.9 Å². The molecule has 0 bridgehead atoms. The number of rotatable bonds is 8. The van der Waals surface area contributed by atoms with Crippen LogP contribution in [-0.2, 0) is 9.59 Å². The van der Waals surface area contributed by atoms with Crippen molar-refractivity contribution in [1.29, 1.82) is 0 Å². The minimum absolute atomic E-state index is 0.0270. The molecule has 0 rings (SSSR count). The Morgan fingerprint density at radius 1 is 1.20 bits per heavy atom. The molecule has 7 heteroatoms. The molecule has 0 aliphatic heterocycles. The third-order valence-corrected chi connectivity index (χ3v) is 2.81. The van der Waals surface area contributed by atoms with Gasteiger partial charge in [-0.3, -0.25) is 9.59 Å². The number of urea groups is 1. The highest BCUT2D eigenvalue weighted by Crippen LogP contribution is 2.10. The van der Waals surface area contributed by atoms with Gasteiger partial charge in [-0.25, -0.2) is 4.79 Å². The molecule has 3 amide bonds. The molecule has 0 heterocycles. The molecule has 0 radical (unpaired) electrons. The first-order valence-electron chi connectivity index (χ1n) is 6.69. The van der Waals surface area contributed by atoms with Crippen molar-refractivity contribution in [2.45, 2.75) is 27.7 Å². The summed E-state index contributed by atoms with van der Waals surface area (Å²) in [5.74, 6) is -2.12. The third kappa shape index (κ3) is 6.96. The van der Waals surface area contributed by atoms with E-state index in [1.807, 2.05) is 13.8 Å². The van der Waals surface area contributed by atoms with Crippen molar-refractivity contribution in [3.63, 3.8) is 0 Å². The number of hydrogen-bond donors (Lipinski definition) is 3. The second-order valence-electron chi connectivity index (χ2n) is 5.62. The van der Waals surface area contributed by atoms with Gasteiger partial charge in [-0.2, -0.15) is 0 Å². The Hall–Kier alpha value is -1.79. The van der Waals surface area contributed by atoms with E-state index in [1.54, 1.807) is 13.8 Å². The van der Waals surface area contributed by atoms with Crippen molar-refractivity contribution in [2.75, 3.05) is 19.6 Å². The minimum atomic E-state index is -0.953. The van der Waals surface area contributed by atoms with E-state index in [0.29, 0.717) is 6.54 Å². The van der Waals surface area contributed by atoms with Crippen LogP contribution < -0.4 is 11.1 Å². The molecule has 0 spiro atoms. The number of primary amides is 1. The topological polar surface area (TPSA) is 113 Å². The molecular weight excluding hydrogens is 262 g/mol. The highest BCUT2D eigenvalue weighted by Gasteiger charge is 2.24. The molecule has 0 aliphatic carbocycles. The van der Waals surface area contributed by atoms with Gasteiger partial charge in [0.05, 0.1) is 5.92 Å². The van der Waals surface area contributed by atoms with Gasteiger partial charge in [-0.1, -0.05) is 27.7 Å². The Morgan fingerprint density at radius 3 is 2.10 bits per heavy atom. The molecular formula is C13H25N3O4. The van der Waals surface area contributed by atoms with Gasteiger partial charge in [0.15, 0.2) is 0 Å². The van der Waals surface area contributed by atoms with Gasteiger partial charge >= 0.3 is 12.0 Å². The number of nitrogens with two attached hydrogens (primary N) is 1. The van der Waals surface area contributed by atoms with E-state index in [0.717, 1.165) is 0 Å². The molecule has 20 heavy (non-hydrogen) atoms. The standard InChI is InChI=1S/C13H25N3O4/c1-8(2)6-16(7-11(14)17)13(20)15-5-10(9(3)4)12(18)19/h8-10H,5-7H2,1-4H3,(H2,14,17)(H,15,20)(H,18,19). The fourth-order valence-electron chi connectivity index (χ4n) is 1.77. The number of nitrogens with one attached hydrogen (secondary N) is 1. The van der Waals surface area contributed by atoms with Crippen LogP contribution in [0.4, 0.5) is 4.79 Å². The van der Waals surface area contributed by atoms with Gasteiger partial charge in [-0.05, 0) is 11.8 Å². The largest absolute Gasteiger partial charge is 0.481 e. The lowest BCUT2D eigenvalue weighted by Crippen LogP contribution is -2.48. The molecule has 0 saturated heterocycles. The van der Waals surface area contributed by atoms with E-state index < -0.39 is 23.8 Å². The van der Waals surface area contributed by atoms with Gasteiger partial charge in [0.2, 0.25) is 5.91 Å². The third-order valence-electron chi connectivity index (χ3n) is 2.81. The van der Waals surface area contributed by atoms with Crippen LogP contribution in [0.3, 0.4) is 0 Å². The van der Waals surface area contributed by atoms with E-state index in [1.165, 1.54) is 4.90 Å². The maximum Gasteiger partial charge on any atom is 0.317 e. The Bertz CT molecular complexity index is 356. The molecule has 1 unspecified atom stereocenters. The molecule has 0 saturated carbocycles. The summed E-state index contributed by atoms with van der Waals surface area (Å²) in [5, 5.41) is 11.6. The Morgan fingerprint density at radius 2 is 1.75 bits per heavy atom. The molecule has 0 fully saturated rings. The van der Waals surface area contributed by atoms with Crippen LogP contribution in [0.25, 0.3) is 0 Å². The number of amides is 3. The lowest BCUT2D eigenvalue weighted by molar-refractivity contribution is -0.143. The smallest absolute Gasteiger partial charge is 0.317 e. The van der Waals surface area contributed by atoms with E-state index in [4.69, 9.17) is 10.8 Å². The molecule has 7 nitrogen and oxygen atoms in total. The zero-order chi connectivity index (χ0) is 15.9. The normalized spacial score (nSPS) is 12.3. The summed E-state index contributed by atoms with van der Waals surface area (Å²) >= 11 is 0. The zero-order valence-electron chi connectivity index (χ0n) is 12.5. The number of nitrogens with zero attached hydrogens (tertiary/aromatic N) is 1. The molecule has 116 valence electrons. The summed E-state index contributed by atoms with van der Waals surface area (Å²) in [5.41, 5.74) is 5.10. The Labute approximate surface area is 119 Å². The number of hydrogen-bond acceptors (Lipinski definition) is 3. The lowest BCUT2D eigenvalue weighted by Gasteiger charge is -2.25. The SMILES string of the molecule is CC(C)CN(CC(N)=O)C(=O)NCC(C(=O)O)C(C)C. The van der Waals surface area contributed by atoms with Gasteiger partial charge in [0.1, 0.15) is 6.54 Å². The lowest BCUT2D eigenvalue weighted by atomic mass is 9.96. The van der Waals surface area contributed by atoms with Gasteiger partial charge in [0, 0.05) is 13.1 Å². The van der Waals surface area contributed by atoms with Crippen LogP contribution >= 0.6 is 0 Å². The number of aliphatic carboxylic acids is 1. The number of carboxylic acid groups (broad SMARTS) is 1. The summed E-state index contributed by atoms with van der Waals surface area (Å²) in [4.78, 5) is 35.3. The van der Waals surface area contributed by atoms with Crippen LogP contribution in [0.5, 0.6) is 0 Å². The number of carboxylic acids is 1. The molecule has 1 atom stereocenters. The maximum atomic E-state index is 12.0. The average molecular weight is 287 g/mol. The summed E-state index contributed by atoms with van der Waals surface area (Å²) in [6.07, 6.45) is 0. The number of carbonyl (C=O) groups excluding carboxylic acids is 2. The Kier molecular flexibility index (Phi) is 7.64. The van der Waals surface area contributed by atoms with Crippen molar-refractivity contribution < 1.29 is 19.5 Å². The van der Waals surface area contributed by atoms with Crippen LogP contribution in [-0.4, -0.2) is 47.5 Å². The highest BCUT2D eigenvalue weighted by atomic mass is 16.4. The van der Waals surface area contributed by atoms with Gasteiger partial charge in [-0.15, -0.1) is 0 Å².